The zero-order valence-corrected chi connectivity index (χ0v) is 24.4. The number of rotatable bonds is 10. The monoisotopic (exact) mass is 649 g/mol. The molecule has 0 atom stereocenters. The lowest BCUT2D eigenvalue weighted by Crippen LogP contribution is -2.27. The maximum absolute atomic E-state index is 14.2. The van der Waals surface area contributed by atoms with Gasteiger partial charge in [-0.3, -0.25) is 14.6 Å². The highest BCUT2D eigenvalue weighted by Crippen LogP contribution is 2.42. The van der Waals surface area contributed by atoms with Crippen LogP contribution in [0.2, 0.25) is 5.02 Å². The molecule has 0 spiro atoms. The molecule has 0 bridgehead atoms. The number of aromatic nitrogens is 1. The average molecular weight is 650 g/mol. The Morgan fingerprint density at radius 2 is 1.47 bits per heavy atom. The summed E-state index contributed by atoms with van der Waals surface area (Å²) in [6, 6.07) is 16.9. The quantitative estimate of drug-likeness (QED) is 0.133. The zero-order chi connectivity index (χ0) is 32.8. The van der Waals surface area contributed by atoms with Gasteiger partial charge in [0.25, 0.3) is 5.91 Å². The van der Waals surface area contributed by atoms with Crippen LogP contribution in [-0.2, 0) is 28.4 Å². The van der Waals surface area contributed by atoms with Gasteiger partial charge in [0.2, 0.25) is 0 Å². The fraction of sp³-hybridized carbons (Fsp3) is 0.219. The molecule has 2 N–H and O–H groups in total. The van der Waals surface area contributed by atoms with E-state index in [-0.39, 0.29) is 42.5 Å². The number of hydrogen-bond donors (Lipinski definition) is 2. The molecule has 1 heterocycles. The van der Waals surface area contributed by atoms with E-state index < -0.39 is 47.5 Å². The van der Waals surface area contributed by atoms with Crippen LogP contribution in [0.25, 0.3) is 22.3 Å². The number of ether oxygens (including phenoxy) is 1. The lowest BCUT2D eigenvalue weighted by Gasteiger charge is -2.21. The topological polar surface area (TPSA) is 80.3 Å². The molecule has 4 rings (SSSR count). The molecule has 0 unspecified atom stereocenters. The number of anilines is 1. The Balaban J connectivity index is 1.64. The van der Waals surface area contributed by atoms with E-state index in [1.807, 2.05) is 0 Å². The summed E-state index contributed by atoms with van der Waals surface area (Å²) in [5.41, 5.74) is -1.84. The first-order valence-corrected chi connectivity index (χ1v) is 14.0. The van der Waals surface area contributed by atoms with E-state index in [4.69, 9.17) is 16.3 Å². The number of nitrogens with one attached hydrogen (secondary N) is 2. The minimum Gasteiger partial charge on any atom is -0.466 e. The molecule has 0 saturated heterocycles. The molecule has 1 amide bonds. The van der Waals surface area contributed by atoms with Gasteiger partial charge in [-0.25, -0.2) is 0 Å². The molecule has 1 aromatic heterocycles. The number of pyridine rings is 1. The number of nitrogens with zero attached hydrogens (tertiary/aromatic N) is 1. The first-order chi connectivity index (χ1) is 21.3. The number of amides is 1. The summed E-state index contributed by atoms with van der Waals surface area (Å²) in [5, 5.41) is 5.89. The second-order valence-electron chi connectivity index (χ2n) is 9.73. The van der Waals surface area contributed by atoms with Crippen molar-refractivity contribution in [2.24, 2.45) is 0 Å². The molecular weight excluding hydrogens is 624 g/mol. The van der Waals surface area contributed by atoms with Crippen molar-refractivity contribution in [1.29, 1.82) is 0 Å². The molecule has 13 heteroatoms. The van der Waals surface area contributed by atoms with Crippen molar-refractivity contribution in [2.75, 3.05) is 18.5 Å². The molecule has 0 radical (unpaired) electrons. The highest BCUT2D eigenvalue weighted by atomic mass is 35.5. The SMILES string of the molecule is CCOC(=O)CCNC(=O)c1ccc(-c2cc(C(F)(F)F)cc(C(F)(F)F)c2CNc2ccc(-c3ccc(Cl)cc3)cc2)cn1. The lowest BCUT2D eigenvalue weighted by molar-refractivity contribution is -0.144. The number of halogens is 7. The van der Waals surface area contributed by atoms with Gasteiger partial charge in [-0.15, -0.1) is 0 Å². The summed E-state index contributed by atoms with van der Waals surface area (Å²) in [4.78, 5) is 27.8. The number of carbonyl (C=O) groups excluding carboxylic acids is 2. The van der Waals surface area contributed by atoms with Gasteiger partial charge in [0, 0.05) is 35.6 Å². The van der Waals surface area contributed by atoms with E-state index in [1.54, 1.807) is 55.5 Å². The normalized spacial score (nSPS) is 11.6. The largest absolute Gasteiger partial charge is 0.466 e. The summed E-state index contributed by atoms with van der Waals surface area (Å²) in [7, 11) is 0. The highest BCUT2D eigenvalue weighted by Gasteiger charge is 2.39. The molecular formula is C32H26ClF6N3O3. The Kier molecular flexibility index (Phi) is 10.4. The average Bonchev–Trinajstić information content (AvgIpc) is 2.99. The fourth-order valence-electron chi connectivity index (χ4n) is 4.44. The third-order valence-corrected chi connectivity index (χ3v) is 6.89. The van der Waals surface area contributed by atoms with Crippen molar-refractivity contribution >= 4 is 29.2 Å². The highest BCUT2D eigenvalue weighted by molar-refractivity contribution is 6.30. The van der Waals surface area contributed by atoms with Gasteiger partial charge in [-0.1, -0.05) is 41.9 Å². The van der Waals surface area contributed by atoms with E-state index in [2.05, 4.69) is 15.6 Å². The predicted molar refractivity (Wildman–Crippen MR) is 157 cm³/mol. The van der Waals surface area contributed by atoms with Gasteiger partial charge >= 0.3 is 18.3 Å². The molecule has 0 aliphatic carbocycles. The summed E-state index contributed by atoms with van der Waals surface area (Å²) >= 11 is 5.93. The Morgan fingerprint density at radius 1 is 0.844 bits per heavy atom. The molecule has 0 aliphatic rings. The molecule has 45 heavy (non-hydrogen) atoms. The first kappa shape index (κ1) is 33.3. The van der Waals surface area contributed by atoms with E-state index in [0.717, 1.165) is 17.3 Å². The smallest absolute Gasteiger partial charge is 0.416 e. The van der Waals surface area contributed by atoms with Gasteiger partial charge in [-0.05, 0) is 71.6 Å². The minimum absolute atomic E-state index is 0.0554. The van der Waals surface area contributed by atoms with Crippen LogP contribution in [0.5, 0.6) is 0 Å². The predicted octanol–water partition coefficient (Wildman–Crippen LogP) is 8.40. The lowest BCUT2D eigenvalue weighted by atomic mass is 9.92. The van der Waals surface area contributed by atoms with Crippen LogP contribution >= 0.6 is 11.6 Å². The van der Waals surface area contributed by atoms with E-state index in [0.29, 0.717) is 16.8 Å². The summed E-state index contributed by atoms with van der Waals surface area (Å²) < 4.78 is 88.6. The number of carbonyl (C=O) groups is 2. The van der Waals surface area contributed by atoms with Crippen molar-refractivity contribution in [3.63, 3.8) is 0 Å². The van der Waals surface area contributed by atoms with Crippen LogP contribution < -0.4 is 10.6 Å². The van der Waals surface area contributed by atoms with Crippen molar-refractivity contribution in [1.82, 2.24) is 10.3 Å². The third kappa shape index (κ3) is 8.75. The van der Waals surface area contributed by atoms with Crippen LogP contribution in [0.4, 0.5) is 32.0 Å². The van der Waals surface area contributed by atoms with E-state index >= 15 is 0 Å². The maximum atomic E-state index is 14.2. The Labute approximate surface area is 259 Å². The maximum Gasteiger partial charge on any atom is 0.416 e. The van der Waals surface area contributed by atoms with Crippen molar-refractivity contribution in [3.05, 3.63) is 106 Å². The molecule has 3 aromatic carbocycles. The van der Waals surface area contributed by atoms with Crippen molar-refractivity contribution < 1.29 is 40.7 Å². The molecule has 4 aromatic rings. The molecule has 0 saturated carbocycles. The third-order valence-electron chi connectivity index (χ3n) is 6.64. The van der Waals surface area contributed by atoms with Gasteiger partial charge in [0.05, 0.1) is 24.2 Å². The van der Waals surface area contributed by atoms with Crippen molar-refractivity contribution in [3.8, 4) is 22.3 Å². The Morgan fingerprint density at radius 3 is 2.02 bits per heavy atom. The van der Waals surface area contributed by atoms with Crippen LogP contribution in [0.15, 0.2) is 79.0 Å². The second-order valence-corrected chi connectivity index (χ2v) is 10.2. The number of benzene rings is 3. The van der Waals surface area contributed by atoms with Crippen LogP contribution in [0, 0.1) is 0 Å². The zero-order valence-electron chi connectivity index (χ0n) is 23.7. The number of hydrogen-bond acceptors (Lipinski definition) is 5. The summed E-state index contributed by atoms with van der Waals surface area (Å²) in [6.45, 7) is 1.28. The fourth-order valence-corrected chi connectivity index (χ4v) is 4.57. The Bertz CT molecular complexity index is 1640. The van der Waals surface area contributed by atoms with Gasteiger partial charge in [0.1, 0.15) is 5.69 Å². The second kappa shape index (κ2) is 14.0. The minimum atomic E-state index is -5.11. The molecule has 236 valence electrons. The number of esters is 1. The number of alkyl halides is 6. The standard InChI is InChI=1S/C32H26ClF6N3O3/c1-2-45-29(43)13-14-40-30(44)28-12-7-21(17-42-28)25-15-22(31(34,35)36)16-27(32(37,38)39)26(25)18-41-24-10-5-20(6-11-24)19-3-8-23(33)9-4-19/h3-12,15-17,41H,2,13-14,18H2,1H3,(H,40,44). The van der Waals surface area contributed by atoms with Crippen molar-refractivity contribution in [2.45, 2.75) is 32.2 Å². The summed E-state index contributed by atoms with van der Waals surface area (Å²) in [5.74, 6) is -1.21. The van der Waals surface area contributed by atoms with Crippen LogP contribution in [0.3, 0.4) is 0 Å². The molecule has 0 fully saturated rings. The van der Waals surface area contributed by atoms with Gasteiger partial charge in [0.15, 0.2) is 0 Å². The Hall–Kier alpha value is -4.58. The molecule has 0 aliphatic heterocycles. The van der Waals surface area contributed by atoms with Gasteiger partial charge < -0.3 is 15.4 Å². The van der Waals surface area contributed by atoms with E-state index in [1.165, 1.54) is 12.1 Å². The van der Waals surface area contributed by atoms with E-state index in [9.17, 15) is 35.9 Å². The first-order valence-electron chi connectivity index (χ1n) is 13.6. The summed E-state index contributed by atoms with van der Waals surface area (Å²) in [6.07, 6.45) is -9.25. The van der Waals surface area contributed by atoms with Crippen LogP contribution in [-0.4, -0.2) is 30.0 Å². The van der Waals surface area contributed by atoms with Crippen LogP contribution in [0.1, 0.15) is 40.5 Å². The molecule has 6 nitrogen and oxygen atoms in total. The van der Waals surface area contributed by atoms with Gasteiger partial charge in [-0.2, -0.15) is 26.3 Å².